The van der Waals surface area contributed by atoms with E-state index in [9.17, 15) is 4.79 Å². The number of carbonyl (C=O) groups excluding carboxylic acids is 1. The van der Waals surface area contributed by atoms with Crippen molar-refractivity contribution in [2.45, 2.75) is 32.7 Å². The quantitative estimate of drug-likeness (QED) is 0.528. The predicted molar refractivity (Wildman–Crippen MR) is 111 cm³/mol. The zero-order valence-electron chi connectivity index (χ0n) is 16.0. The molecule has 2 aromatic heterocycles. The third-order valence-corrected chi connectivity index (χ3v) is 6.04. The Morgan fingerprint density at radius 3 is 2.61 bits per heavy atom. The van der Waals surface area contributed by atoms with E-state index in [1.54, 1.807) is 11.3 Å². The molecule has 2 aromatic carbocycles. The summed E-state index contributed by atoms with van der Waals surface area (Å²) in [6, 6.07) is 18.3. The van der Waals surface area contributed by atoms with Gasteiger partial charge in [0.1, 0.15) is 5.01 Å². The number of benzene rings is 2. The Morgan fingerprint density at radius 1 is 1.11 bits per heavy atom. The van der Waals surface area contributed by atoms with Crippen LogP contribution in [0.3, 0.4) is 0 Å². The van der Waals surface area contributed by atoms with Gasteiger partial charge >= 0.3 is 0 Å². The zero-order valence-corrected chi connectivity index (χ0v) is 16.8. The summed E-state index contributed by atoms with van der Waals surface area (Å²) in [4.78, 5) is 17.5. The average molecular weight is 391 g/mol. The van der Waals surface area contributed by atoms with Gasteiger partial charge in [-0.25, -0.2) is 4.98 Å². The van der Waals surface area contributed by atoms with Gasteiger partial charge in [-0.15, -0.1) is 11.3 Å². The maximum atomic E-state index is 12.8. The first-order chi connectivity index (χ1) is 13.4. The molecule has 0 aliphatic heterocycles. The number of nitrogens with one attached hydrogen (secondary N) is 1. The van der Waals surface area contributed by atoms with Gasteiger partial charge in [-0.05, 0) is 44.0 Å². The highest BCUT2D eigenvalue weighted by atomic mass is 32.1. The Kier molecular flexibility index (Phi) is 4.73. The second-order valence-electron chi connectivity index (χ2n) is 7.31. The molecule has 4 rings (SSSR count). The molecule has 6 heteroatoms. The molecule has 1 amide bonds. The van der Waals surface area contributed by atoms with Gasteiger partial charge in [-0.3, -0.25) is 4.79 Å². The number of rotatable bonds is 5. The highest BCUT2D eigenvalue weighted by Crippen LogP contribution is 2.34. The topological polar surface area (TPSA) is 68.0 Å². The van der Waals surface area contributed by atoms with Crippen molar-refractivity contribution < 1.29 is 9.32 Å². The monoisotopic (exact) mass is 391 g/mol. The van der Waals surface area contributed by atoms with Gasteiger partial charge in [0.15, 0.2) is 5.76 Å². The van der Waals surface area contributed by atoms with Crippen molar-refractivity contribution >= 4 is 27.5 Å². The van der Waals surface area contributed by atoms with Crippen molar-refractivity contribution in [3.05, 3.63) is 71.1 Å². The molecule has 142 valence electrons. The van der Waals surface area contributed by atoms with Crippen molar-refractivity contribution in [2.75, 3.05) is 0 Å². The number of thiazole rings is 1. The maximum Gasteiger partial charge on any atom is 0.232 e. The van der Waals surface area contributed by atoms with Crippen LogP contribution in [-0.2, 0) is 16.8 Å². The molecule has 0 fully saturated rings. The van der Waals surface area contributed by atoms with Crippen LogP contribution in [0.15, 0.2) is 59.1 Å². The summed E-state index contributed by atoms with van der Waals surface area (Å²) < 4.78 is 6.23. The molecular weight excluding hydrogens is 370 g/mol. The second-order valence-corrected chi connectivity index (χ2v) is 8.34. The fourth-order valence-corrected chi connectivity index (χ4v) is 4.09. The minimum absolute atomic E-state index is 0.0936. The largest absolute Gasteiger partial charge is 0.359 e. The van der Waals surface area contributed by atoms with E-state index in [-0.39, 0.29) is 5.91 Å². The first kappa shape index (κ1) is 18.4. The van der Waals surface area contributed by atoms with E-state index in [4.69, 9.17) is 9.51 Å². The van der Waals surface area contributed by atoms with Crippen LogP contribution in [0, 0.1) is 6.92 Å². The fraction of sp³-hybridized carbons (Fsp3) is 0.227. The third-order valence-electron chi connectivity index (χ3n) is 4.70. The fourth-order valence-electron chi connectivity index (χ4n) is 2.99. The second kappa shape index (κ2) is 7.20. The van der Waals surface area contributed by atoms with Crippen molar-refractivity contribution in [1.82, 2.24) is 15.5 Å². The number of aryl methyl sites for hydroxylation is 1. The van der Waals surface area contributed by atoms with Gasteiger partial charge in [-0.2, -0.15) is 0 Å². The molecule has 0 spiro atoms. The van der Waals surface area contributed by atoms with Crippen molar-refractivity contribution in [1.29, 1.82) is 0 Å². The van der Waals surface area contributed by atoms with E-state index < -0.39 is 5.41 Å². The van der Waals surface area contributed by atoms with Crippen LogP contribution in [0.2, 0.25) is 0 Å². The molecular formula is C22H21N3O2S. The van der Waals surface area contributed by atoms with E-state index >= 15 is 0 Å². The SMILES string of the molecule is Cc1cc(CNC(=O)C(C)(C)c2nc3ccc(-c4ccccc4)cc3s2)on1. The molecule has 0 aliphatic carbocycles. The van der Waals surface area contributed by atoms with Crippen LogP contribution in [0.4, 0.5) is 0 Å². The molecule has 0 atom stereocenters. The zero-order chi connectivity index (χ0) is 19.7. The highest BCUT2D eigenvalue weighted by molar-refractivity contribution is 7.18. The van der Waals surface area contributed by atoms with Crippen LogP contribution in [-0.4, -0.2) is 16.0 Å². The Labute approximate surface area is 167 Å². The van der Waals surface area contributed by atoms with E-state index in [1.165, 1.54) is 5.56 Å². The number of fused-ring (bicyclic) bond motifs is 1. The molecule has 5 nitrogen and oxygen atoms in total. The summed E-state index contributed by atoms with van der Waals surface area (Å²) in [7, 11) is 0. The summed E-state index contributed by atoms with van der Waals surface area (Å²) >= 11 is 1.56. The number of nitrogens with zero attached hydrogens (tertiary/aromatic N) is 2. The molecule has 0 unspecified atom stereocenters. The Bertz CT molecular complexity index is 1130. The maximum absolute atomic E-state index is 12.8. The first-order valence-corrected chi connectivity index (χ1v) is 9.92. The molecule has 0 saturated heterocycles. The average Bonchev–Trinajstić information content (AvgIpc) is 3.32. The standard InChI is InChI=1S/C22H21N3O2S/c1-14-11-17(27-25-14)13-23-20(26)22(2,3)21-24-18-10-9-16(12-19(18)28-21)15-7-5-4-6-8-15/h4-12H,13H2,1-3H3,(H,23,26). The van der Waals surface area contributed by atoms with Crippen LogP contribution >= 0.6 is 11.3 Å². The summed E-state index contributed by atoms with van der Waals surface area (Å²) in [5, 5.41) is 7.56. The highest BCUT2D eigenvalue weighted by Gasteiger charge is 2.33. The van der Waals surface area contributed by atoms with Crippen LogP contribution < -0.4 is 5.32 Å². The normalized spacial score (nSPS) is 11.7. The van der Waals surface area contributed by atoms with Gasteiger partial charge in [-0.1, -0.05) is 41.6 Å². The van der Waals surface area contributed by atoms with Crippen LogP contribution in [0.1, 0.15) is 30.3 Å². The summed E-state index contributed by atoms with van der Waals surface area (Å²) in [5.41, 5.74) is 3.27. The predicted octanol–water partition coefficient (Wildman–Crippen LogP) is 4.85. The summed E-state index contributed by atoms with van der Waals surface area (Å²) in [5.74, 6) is 0.544. The molecule has 1 N–H and O–H groups in total. The van der Waals surface area contributed by atoms with Gasteiger partial charge < -0.3 is 9.84 Å². The minimum atomic E-state index is -0.744. The molecule has 0 saturated carbocycles. The van der Waals surface area contributed by atoms with E-state index in [0.29, 0.717) is 12.3 Å². The van der Waals surface area contributed by atoms with Gasteiger partial charge in [0.2, 0.25) is 5.91 Å². The molecule has 4 aromatic rings. The lowest BCUT2D eigenvalue weighted by Gasteiger charge is -2.20. The Balaban J connectivity index is 1.57. The van der Waals surface area contributed by atoms with Crippen LogP contribution in [0.5, 0.6) is 0 Å². The first-order valence-electron chi connectivity index (χ1n) is 9.10. The lowest BCUT2D eigenvalue weighted by atomic mass is 9.93. The molecule has 0 aliphatic rings. The molecule has 0 bridgehead atoms. The lowest BCUT2D eigenvalue weighted by Crippen LogP contribution is -2.39. The number of aromatic nitrogens is 2. The van der Waals surface area contributed by atoms with Crippen molar-refractivity contribution in [3.8, 4) is 11.1 Å². The van der Waals surface area contributed by atoms with E-state index in [2.05, 4.69) is 34.7 Å². The molecule has 2 heterocycles. The van der Waals surface area contributed by atoms with Crippen molar-refractivity contribution in [3.63, 3.8) is 0 Å². The Morgan fingerprint density at radius 2 is 1.89 bits per heavy atom. The number of amides is 1. The lowest BCUT2D eigenvalue weighted by molar-refractivity contribution is -0.125. The smallest absolute Gasteiger partial charge is 0.232 e. The van der Waals surface area contributed by atoms with E-state index in [0.717, 1.165) is 26.5 Å². The third kappa shape index (κ3) is 3.55. The number of hydrogen-bond acceptors (Lipinski definition) is 5. The molecule has 28 heavy (non-hydrogen) atoms. The summed E-state index contributed by atoms with van der Waals surface area (Å²) in [6.45, 7) is 5.95. The minimum Gasteiger partial charge on any atom is -0.359 e. The number of hydrogen-bond donors (Lipinski definition) is 1. The van der Waals surface area contributed by atoms with E-state index in [1.807, 2.05) is 51.1 Å². The Hall–Kier alpha value is -2.99. The number of carbonyl (C=O) groups is 1. The van der Waals surface area contributed by atoms with Crippen LogP contribution in [0.25, 0.3) is 21.3 Å². The van der Waals surface area contributed by atoms with Crippen molar-refractivity contribution in [2.24, 2.45) is 0 Å². The van der Waals surface area contributed by atoms with Gasteiger partial charge in [0.25, 0.3) is 0 Å². The summed E-state index contributed by atoms with van der Waals surface area (Å²) in [6.07, 6.45) is 0. The van der Waals surface area contributed by atoms with Gasteiger partial charge in [0.05, 0.1) is 27.9 Å². The van der Waals surface area contributed by atoms with Gasteiger partial charge in [0, 0.05) is 6.07 Å². The molecule has 0 radical (unpaired) electrons.